The van der Waals surface area contributed by atoms with E-state index in [1.54, 1.807) is 12.1 Å². The molecule has 0 saturated carbocycles. The van der Waals surface area contributed by atoms with Crippen molar-refractivity contribution in [1.82, 2.24) is 0 Å². The highest BCUT2D eigenvalue weighted by Crippen LogP contribution is 2.57. The van der Waals surface area contributed by atoms with Gasteiger partial charge in [0.25, 0.3) is 0 Å². The molecule has 3 aromatic carbocycles. The average Bonchev–Trinajstić information content (AvgIpc) is 3.41. The summed E-state index contributed by atoms with van der Waals surface area (Å²) < 4.78 is 20.2. The van der Waals surface area contributed by atoms with Crippen LogP contribution >= 0.6 is 23.2 Å². The smallest absolute Gasteiger partial charge is 0.241 e. The first-order chi connectivity index (χ1) is 16.8. The van der Waals surface area contributed by atoms with Gasteiger partial charge in [0.15, 0.2) is 0 Å². The molecule has 0 N–H and O–H groups in total. The lowest BCUT2D eigenvalue weighted by Crippen LogP contribution is -2.51. The Morgan fingerprint density at radius 2 is 1.49 bits per heavy atom. The molecule has 9 heteroatoms. The fourth-order valence-electron chi connectivity index (χ4n) is 5.38. The fourth-order valence-corrected chi connectivity index (χ4v) is 5.67. The van der Waals surface area contributed by atoms with Crippen LogP contribution in [0.5, 0.6) is 0 Å². The Kier molecular flexibility index (Phi) is 4.77. The maximum absolute atomic E-state index is 14.1. The largest absolute Gasteiger partial charge is 0.349 e. The summed E-state index contributed by atoms with van der Waals surface area (Å²) in [5.74, 6) is -6.10. The minimum absolute atomic E-state index is 0.115. The van der Waals surface area contributed by atoms with Crippen molar-refractivity contribution in [3.8, 4) is 0 Å². The molecule has 6 rings (SSSR count). The van der Waals surface area contributed by atoms with Crippen LogP contribution in [0, 0.1) is 17.7 Å². The zero-order valence-electron chi connectivity index (χ0n) is 17.7. The minimum atomic E-state index is -2.23. The number of nitrogens with zero attached hydrogens (tertiary/aromatic N) is 1. The van der Waals surface area contributed by atoms with Gasteiger partial charge >= 0.3 is 0 Å². The number of Topliss-reactive ketones (excluding diaryl/α,β-unsaturated/α-hetero) is 2. The number of hydrogen-bond donors (Lipinski definition) is 0. The molecule has 174 valence electrons. The number of ketones is 2. The molecule has 3 aromatic rings. The molecular formula is C26H14Cl2FNO5. The molecule has 3 aliphatic rings. The summed E-state index contributed by atoms with van der Waals surface area (Å²) in [6.45, 7) is 0. The lowest BCUT2D eigenvalue weighted by atomic mass is 9.77. The van der Waals surface area contributed by atoms with E-state index in [4.69, 9.17) is 27.9 Å². The first-order valence-electron chi connectivity index (χ1n) is 10.7. The molecule has 0 unspecified atom stereocenters. The molecule has 2 saturated heterocycles. The van der Waals surface area contributed by atoms with Crippen LogP contribution in [0.25, 0.3) is 0 Å². The summed E-state index contributed by atoms with van der Waals surface area (Å²) in [7, 11) is 0. The SMILES string of the molecule is O=C1[C@@H]2[C@@H](c3cccc(F)c3)OC3(C(=O)c4ccccc4C3=O)[C@@H]2C(=O)N1c1ccc(Cl)c(Cl)c1. The van der Waals surface area contributed by atoms with Crippen molar-refractivity contribution in [2.45, 2.75) is 11.7 Å². The highest BCUT2D eigenvalue weighted by atomic mass is 35.5. The van der Waals surface area contributed by atoms with Crippen molar-refractivity contribution in [3.05, 3.63) is 99.3 Å². The van der Waals surface area contributed by atoms with Gasteiger partial charge < -0.3 is 4.74 Å². The Hall–Kier alpha value is -3.39. The molecule has 0 bridgehead atoms. The van der Waals surface area contributed by atoms with Crippen LogP contribution in [0.3, 0.4) is 0 Å². The number of ether oxygens (including phenoxy) is 1. The summed E-state index contributed by atoms with van der Waals surface area (Å²) in [4.78, 5) is 55.8. The third-order valence-electron chi connectivity index (χ3n) is 6.86. The van der Waals surface area contributed by atoms with Gasteiger partial charge in [0.2, 0.25) is 29.0 Å². The molecule has 2 fully saturated rings. The summed E-state index contributed by atoms with van der Waals surface area (Å²) in [5.41, 5.74) is -1.62. The number of imide groups is 1. The summed E-state index contributed by atoms with van der Waals surface area (Å²) >= 11 is 12.1. The van der Waals surface area contributed by atoms with E-state index in [1.165, 1.54) is 48.5 Å². The number of halogens is 3. The maximum Gasteiger partial charge on any atom is 0.241 e. The number of benzene rings is 3. The van der Waals surface area contributed by atoms with Gasteiger partial charge in [-0.25, -0.2) is 9.29 Å². The van der Waals surface area contributed by atoms with Crippen LogP contribution in [-0.4, -0.2) is 29.0 Å². The Balaban J connectivity index is 1.55. The van der Waals surface area contributed by atoms with Gasteiger partial charge in [0.1, 0.15) is 5.82 Å². The monoisotopic (exact) mass is 509 g/mol. The number of hydrogen-bond acceptors (Lipinski definition) is 5. The van der Waals surface area contributed by atoms with E-state index < -0.39 is 52.7 Å². The van der Waals surface area contributed by atoms with Gasteiger partial charge in [-0.1, -0.05) is 59.6 Å². The van der Waals surface area contributed by atoms with Gasteiger partial charge in [-0.2, -0.15) is 0 Å². The highest BCUT2D eigenvalue weighted by molar-refractivity contribution is 6.42. The lowest BCUT2D eigenvalue weighted by Gasteiger charge is -2.27. The predicted octanol–water partition coefficient (Wildman–Crippen LogP) is 4.83. The Bertz CT molecular complexity index is 1450. The van der Waals surface area contributed by atoms with Crippen LogP contribution in [0.1, 0.15) is 32.4 Å². The first kappa shape index (κ1) is 22.1. The van der Waals surface area contributed by atoms with Gasteiger partial charge in [0.05, 0.1) is 33.7 Å². The molecule has 2 amide bonds. The molecule has 35 heavy (non-hydrogen) atoms. The zero-order valence-corrected chi connectivity index (χ0v) is 19.2. The Labute approximate surface area is 208 Å². The highest BCUT2D eigenvalue weighted by Gasteiger charge is 2.74. The number of carbonyl (C=O) groups is 4. The molecule has 2 aliphatic heterocycles. The Morgan fingerprint density at radius 3 is 2.11 bits per heavy atom. The standard InChI is InChI=1S/C26H14Cl2FNO5/c27-17-9-8-14(11-18(17)28)30-24(33)19-20(25(30)34)26(35-21(19)12-4-3-5-13(29)10-12)22(31)15-6-1-2-7-16(15)23(26)32/h1-11,19-21H/t19-,20-,21+/m0/s1. The van der Waals surface area contributed by atoms with Crippen molar-refractivity contribution >= 4 is 52.3 Å². The van der Waals surface area contributed by atoms with Crippen molar-refractivity contribution < 1.29 is 28.3 Å². The van der Waals surface area contributed by atoms with E-state index in [1.807, 2.05) is 0 Å². The van der Waals surface area contributed by atoms with E-state index in [-0.39, 0.29) is 32.4 Å². The van der Waals surface area contributed by atoms with E-state index in [2.05, 4.69) is 0 Å². The van der Waals surface area contributed by atoms with Crippen LogP contribution < -0.4 is 4.90 Å². The third-order valence-corrected chi connectivity index (χ3v) is 7.60. The molecular weight excluding hydrogens is 496 g/mol. The molecule has 2 heterocycles. The number of anilines is 1. The predicted molar refractivity (Wildman–Crippen MR) is 124 cm³/mol. The number of rotatable bonds is 2. The van der Waals surface area contributed by atoms with Crippen LogP contribution in [0.2, 0.25) is 10.0 Å². The van der Waals surface area contributed by atoms with E-state index >= 15 is 0 Å². The van der Waals surface area contributed by atoms with Crippen LogP contribution in [0.15, 0.2) is 66.7 Å². The lowest BCUT2D eigenvalue weighted by molar-refractivity contribution is -0.127. The van der Waals surface area contributed by atoms with Crippen molar-refractivity contribution in [2.75, 3.05) is 4.90 Å². The quantitative estimate of drug-likeness (QED) is 0.365. The summed E-state index contributed by atoms with van der Waals surface area (Å²) in [6.07, 6.45) is -1.21. The summed E-state index contributed by atoms with van der Waals surface area (Å²) in [5, 5.41) is 0.346. The minimum Gasteiger partial charge on any atom is -0.349 e. The molecule has 1 aliphatic carbocycles. The normalized spacial score (nSPS) is 24.4. The second-order valence-corrected chi connectivity index (χ2v) is 9.46. The zero-order chi connectivity index (χ0) is 24.6. The van der Waals surface area contributed by atoms with Crippen molar-refractivity contribution in [2.24, 2.45) is 11.8 Å². The van der Waals surface area contributed by atoms with E-state index in [0.29, 0.717) is 0 Å². The van der Waals surface area contributed by atoms with Crippen molar-refractivity contribution in [3.63, 3.8) is 0 Å². The second-order valence-electron chi connectivity index (χ2n) is 8.65. The molecule has 3 atom stereocenters. The van der Waals surface area contributed by atoms with E-state index in [9.17, 15) is 23.6 Å². The third kappa shape index (κ3) is 2.86. The van der Waals surface area contributed by atoms with Crippen molar-refractivity contribution in [1.29, 1.82) is 0 Å². The topological polar surface area (TPSA) is 80.8 Å². The average molecular weight is 510 g/mol. The second kappa shape index (κ2) is 7.55. The van der Waals surface area contributed by atoms with Gasteiger partial charge in [0, 0.05) is 11.1 Å². The van der Waals surface area contributed by atoms with Gasteiger partial charge in [-0.3, -0.25) is 19.2 Å². The number of amides is 2. The fraction of sp³-hybridized carbons (Fsp3) is 0.154. The van der Waals surface area contributed by atoms with E-state index in [0.717, 1.165) is 11.0 Å². The van der Waals surface area contributed by atoms with Crippen LogP contribution in [0.4, 0.5) is 10.1 Å². The first-order valence-corrected chi connectivity index (χ1v) is 11.5. The molecule has 6 nitrogen and oxygen atoms in total. The molecule has 0 radical (unpaired) electrons. The number of carbonyl (C=O) groups excluding carboxylic acids is 4. The number of fused-ring (bicyclic) bond motifs is 3. The molecule has 1 spiro atoms. The maximum atomic E-state index is 14.1. The molecule has 0 aromatic heterocycles. The van der Waals surface area contributed by atoms with Crippen LogP contribution in [-0.2, 0) is 14.3 Å². The van der Waals surface area contributed by atoms with Gasteiger partial charge in [-0.15, -0.1) is 0 Å². The van der Waals surface area contributed by atoms with Gasteiger partial charge in [-0.05, 0) is 35.9 Å². The Morgan fingerprint density at radius 1 is 0.800 bits per heavy atom. The summed E-state index contributed by atoms with van der Waals surface area (Å²) in [6, 6.07) is 15.7.